The SMILES string of the molecule is COc1ccc(CNCC(=O)Nc2c(F)cccc2F)cc1. The van der Waals surface area contributed by atoms with Crippen molar-refractivity contribution in [2.24, 2.45) is 0 Å². The Bertz CT molecular complexity index is 625. The highest BCUT2D eigenvalue weighted by Crippen LogP contribution is 2.17. The molecular formula is C16H16F2N2O2. The first-order valence-electron chi connectivity index (χ1n) is 6.67. The van der Waals surface area contributed by atoms with Gasteiger partial charge in [0.1, 0.15) is 23.1 Å². The fraction of sp³-hybridized carbons (Fsp3) is 0.188. The van der Waals surface area contributed by atoms with Crippen LogP contribution in [0.3, 0.4) is 0 Å². The molecule has 0 saturated carbocycles. The number of amides is 1. The van der Waals surface area contributed by atoms with Crippen LogP contribution in [0.15, 0.2) is 42.5 Å². The average Bonchev–Trinajstić information content (AvgIpc) is 2.52. The van der Waals surface area contributed by atoms with Gasteiger partial charge in [0.25, 0.3) is 0 Å². The number of methoxy groups -OCH3 is 1. The van der Waals surface area contributed by atoms with Crippen molar-refractivity contribution in [3.8, 4) is 5.75 Å². The van der Waals surface area contributed by atoms with Crippen LogP contribution in [-0.2, 0) is 11.3 Å². The van der Waals surface area contributed by atoms with Gasteiger partial charge >= 0.3 is 0 Å². The van der Waals surface area contributed by atoms with Gasteiger partial charge in [0.05, 0.1) is 13.7 Å². The predicted molar refractivity (Wildman–Crippen MR) is 79.7 cm³/mol. The van der Waals surface area contributed by atoms with E-state index in [0.29, 0.717) is 6.54 Å². The second-order valence-electron chi connectivity index (χ2n) is 4.60. The summed E-state index contributed by atoms with van der Waals surface area (Å²) in [6.45, 7) is 0.400. The van der Waals surface area contributed by atoms with Gasteiger partial charge in [-0.1, -0.05) is 18.2 Å². The molecule has 4 nitrogen and oxygen atoms in total. The Labute approximate surface area is 127 Å². The molecule has 6 heteroatoms. The van der Waals surface area contributed by atoms with Crippen LogP contribution in [0, 0.1) is 11.6 Å². The molecule has 0 aromatic heterocycles. The normalized spacial score (nSPS) is 10.3. The van der Waals surface area contributed by atoms with Crippen LogP contribution in [0.1, 0.15) is 5.56 Å². The largest absolute Gasteiger partial charge is 0.497 e. The first-order valence-corrected chi connectivity index (χ1v) is 6.67. The van der Waals surface area contributed by atoms with E-state index in [0.717, 1.165) is 23.4 Å². The summed E-state index contributed by atoms with van der Waals surface area (Å²) in [4.78, 5) is 11.7. The highest BCUT2D eigenvalue weighted by Gasteiger charge is 2.11. The van der Waals surface area contributed by atoms with Crippen LogP contribution in [0.2, 0.25) is 0 Å². The number of hydrogen-bond acceptors (Lipinski definition) is 3. The highest BCUT2D eigenvalue weighted by atomic mass is 19.1. The van der Waals surface area contributed by atoms with E-state index in [1.54, 1.807) is 7.11 Å². The fourth-order valence-corrected chi connectivity index (χ4v) is 1.86. The van der Waals surface area contributed by atoms with Gasteiger partial charge in [-0.2, -0.15) is 0 Å². The lowest BCUT2D eigenvalue weighted by Crippen LogP contribution is -2.28. The summed E-state index contributed by atoms with van der Waals surface area (Å²) in [5.74, 6) is -1.37. The average molecular weight is 306 g/mol. The fourth-order valence-electron chi connectivity index (χ4n) is 1.86. The van der Waals surface area contributed by atoms with Crippen LogP contribution in [0.5, 0.6) is 5.75 Å². The lowest BCUT2D eigenvalue weighted by Gasteiger charge is -2.09. The van der Waals surface area contributed by atoms with E-state index in [-0.39, 0.29) is 6.54 Å². The first-order chi connectivity index (χ1) is 10.6. The van der Waals surface area contributed by atoms with Crippen LogP contribution < -0.4 is 15.4 Å². The first kappa shape index (κ1) is 15.9. The number of carbonyl (C=O) groups is 1. The summed E-state index contributed by atoms with van der Waals surface area (Å²) in [6, 6.07) is 10.8. The molecule has 116 valence electrons. The number of nitrogens with one attached hydrogen (secondary N) is 2. The van der Waals surface area contributed by atoms with Crippen molar-refractivity contribution in [3.05, 3.63) is 59.7 Å². The molecule has 0 radical (unpaired) electrons. The molecule has 1 amide bonds. The van der Waals surface area contributed by atoms with Crippen LogP contribution in [0.4, 0.5) is 14.5 Å². The summed E-state index contributed by atoms with van der Waals surface area (Å²) in [6.07, 6.45) is 0. The van der Waals surface area contributed by atoms with Gasteiger partial charge in [-0.05, 0) is 29.8 Å². The zero-order valence-corrected chi connectivity index (χ0v) is 12.0. The lowest BCUT2D eigenvalue weighted by atomic mass is 10.2. The quantitative estimate of drug-likeness (QED) is 0.863. The van der Waals surface area contributed by atoms with Crippen molar-refractivity contribution in [2.45, 2.75) is 6.54 Å². The Morgan fingerprint density at radius 2 is 1.73 bits per heavy atom. The van der Waals surface area contributed by atoms with Gasteiger partial charge in [0.15, 0.2) is 0 Å². The Hall–Kier alpha value is -2.47. The molecular weight excluding hydrogens is 290 g/mol. The molecule has 0 aliphatic heterocycles. The number of benzene rings is 2. The Morgan fingerprint density at radius 3 is 2.32 bits per heavy atom. The van der Waals surface area contributed by atoms with E-state index in [1.165, 1.54) is 6.07 Å². The number of carbonyl (C=O) groups excluding carboxylic acids is 1. The number of ether oxygens (including phenoxy) is 1. The maximum atomic E-state index is 13.4. The molecule has 22 heavy (non-hydrogen) atoms. The van der Waals surface area contributed by atoms with Crippen molar-refractivity contribution in [1.29, 1.82) is 0 Å². The van der Waals surface area contributed by atoms with Gasteiger partial charge in [0.2, 0.25) is 5.91 Å². The summed E-state index contributed by atoms with van der Waals surface area (Å²) in [5.41, 5.74) is 0.532. The number of rotatable bonds is 6. The monoisotopic (exact) mass is 306 g/mol. The Morgan fingerprint density at radius 1 is 1.09 bits per heavy atom. The van der Waals surface area contributed by atoms with Crippen molar-refractivity contribution in [1.82, 2.24) is 5.32 Å². The third kappa shape index (κ3) is 4.26. The summed E-state index contributed by atoms with van der Waals surface area (Å²) >= 11 is 0. The summed E-state index contributed by atoms with van der Waals surface area (Å²) in [7, 11) is 1.58. The topological polar surface area (TPSA) is 50.4 Å². The Balaban J connectivity index is 1.82. The number of para-hydroxylation sites is 1. The van der Waals surface area contributed by atoms with Crippen LogP contribution >= 0.6 is 0 Å². The third-order valence-electron chi connectivity index (χ3n) is 3.00. The van der Waals surface area contributed by atoms with E-state index in [1.807, 2.05) is 24.3 Å². The van der Waals surface area contributed by atoms with Gasteiger partial charge in [-0.25, -0.2) is 8.78 Å². The minimum absolute atomic E-state index is 0.0558. The number of anilines is 1. The highest BCUT2D eigenvalue weighted by molar-refractivity contribution is 5.92. The minimum Gasteiger partial charge on any atom is -0.497 e. The second-order valence-corrected chi connectivity index (χ2v) is 4.60. The second kappa shape index (κ2) is 7.51. The van der Waals surface area contributed by atoms with E-state index >= 15 is 0 Å². The molecule has 0 aliphatic carbocycles. The smallest absolute Gasteiger partial charge is 0.238 e. The molecule has 0 fully saturated rings. The van der Waals surface area contributed by atoms with Crippen molar-refractivity contribution in [3.63, 3.8) is 0 Å². The molecule has 2 rings (SSSR count). The molecule has 0 unspecified atom stereocenters. The number of hydrogen-bond donors (Lipinski definition) is 2. The van der Waals surface area contributed by atoms with Gasteiger partial charge < -0.3 is 15.4 Å². The van der Waals surface area contributed by atoms with Gasteiger partial charge in [0, 0.05) is 6.54 Å². The number of halogens is 2. The molecule has 2 N–H and O–H groups in total. The van der Waals surface area contributed by atoms with Crippen LogP contribution in [0.25, 0.3) is 0 Å². The van der Waals surface area contributed by atoms with E-state index in [4.69, 9.17) is 4.74 Å². The van der Waals surface area contributed by atoms with E-state index < -0.39 is 23.2 Å². The lowest BCUT2D eigenvalue weighted by molar-refractivity contribution is -0.115. The molecule has 0 aliphatic rings. The molecule has 2 aromatic rings. The maximum Gasteiger partial charge on any atom is 0.238 e. The molecule has 2 aromatic carbocycles. The van der Waals surface area contributed by atoms with Crippen LogP contribution in [-0.4, -0.2) is 19.6 Å². The van der Waals surface area contributed by atoms with Crippen molar-refractivity contribution >= 4 is 11.6 Å². The molecule has 0 heterocycles. The van der Waals surface area contributed by atoms with Crippen molar-refractivity contribution < 1.29 is 18.3 Å². The van der Waals surface area contributed by atoms with Gasteiger partial charge in [-0.3, -0.25) is 4.79 Å². The third-order valence-corrected chi connectivity index (χ3v) is 3.00. The summed E-state index contributed by atoms with van der Waals surface area (Å²) < 4.78 is 31.8. The Kier molecular flexibility index (Phi) is 5.43. The molecule has 0 saturated heterocycles. The van der Waals surface area contributed by atoms with E-state index in [2.05, 4.69) is 10.6 Å². The maximum absolute atomic E-state index is 13.4. The van der Waals surface area contributed by atoms with E-state index in [9.17, 15) is 13.6 Å². The van der Waals surface area contributed by atoms with Gasteiger partial charge in [-0.15, -0.1) is 0 Å². The predicted octanol–water partition coefficient (Wildman–Crippen LogP) is 2.70. The zero-order chi connectivity index (χ0) is 15.9. The molecule has 0 atom stereocenters. The zero-order valence-electron chi connectivity index (χ0n) is 12.0. The minimum atomic E-state index is -0.802. The molecule has 0 bridgehead atoms. The standard InChI is InChI=1S/C16H16F2N2O2/c1-22-12-7-5-11(6-8-12)9-19-10-15(21)20-16-13(17)3-2-4-14(16)18/h2-8,19H,9-10H2,1H3,(H,20,21). The van der Waals surface area contributed by atoms with Crippen molar-refractivity contribution in [2.75, 3.05) is 19.0 Å². The molecule has 0 spiro atoms. The summed E-state index contributed by atoms with van der Waals surface area (Å²) in [5, 5.41) is 5.11.